The van der Waals surface area contributed by atoms with Crippen LogP contribution < -0.4 is 0 Å². The molecule has 13 heteroatoms. The fraction of sp³-hybridized carbons (Fsp3) is 0.108. The van der Waals surface area contributed by atoms with Gasteiger partial charge in [0.15, 0.2) is 5.78 Å². The van der Waals surface area contributed by atoms with Crippen molar-refractivity contribution >= 4 is 25.5 Å². The number of carbonyl (C=O) groups is 1. The van der Waals surface area contributed by atoms with E-state index in [9.17, 15) is 40.6 Å². The van der Waals surface area contributed by atoms with Gasteiger partial charge in [-0.25, -0.2) is 25.6 Å². The van der Waals surface area contributed by atoms with E-state index in [1.165, 1.54) is 48.8 Å². The number of rotatable bonds is 10. The number of phenols is 2. The Morgan fingerprint density at radius 2 is 0.940 bits per heavy atom. The molecule has 50 heavy (non-hydrogen) atoms. The molecule has 0 aliphatic heterocycles. The number of sulfone groups is 2. The first kappa shape index (κ1) is 34.3. The molecule has 0 spiro atoms. The van der Waals surface area contributed by atoms with Crippen molar-refractivity contribution in [3.05, 3.63) is 154 Å². The van der Waals surface area contributed by atoms with Crippen molar-refractivity contribution in [2.24, 2.45) is 0 Å². The minimum atomic E-state index is -4.14. The number of carbonyl (C=O) groups excluding carboxylic acids is 1. The molecule has 2 atom stereocenters. The van der Waals surface area contributed by atoms with Crippen molar-refractivity contribution in [1.82, 2.24) is 9.97 Å². The van der Waals surface area contributed by atoms with Gasteiger partial charge in [0.25, 0.3) is 0 Å². The van der Waals surface area contributed by atoms with E-state index in [0.717, 1.165) is 47.5 Å². The third-order valence-electron chi connectivity index (χ3n) is 8.44. The van der Waals surface area contributed by atoms with Crippen LogP contribution in [-0.4, -0.2) is 42.8 Å². The van der Waals surface area contributed by atoms with Gasteiger partial charge in [0.2, 0.25) is 19.7 Å². The summed E-state index contributed by atoms with van der Waals surface area (Å²) in [6.07, 6.45) is 2.45. The molecule has 2 aromatic heterocycles. The minimum absolute atomic E-state index is 0.00878. The highest BCUT2D eigenvalue weighted by molar-refractivity contribution is 7.91. The van der Waals surface area contributed by atoms with Crippen molar-refractivity contribution in [1.29, 1.82) is 0 Å². The molecule has 2 heterocycles. The molecule has 2 unspecified atom stereocenters. The number of phenolic OH excluding ortho intramolecular Hbond substituents is 2. The van der Waals surface area contributed by atoms with Gasteiger partial charge in [0.05, 0.1) is 21.6 Å². The molecule has 0 aliphatic rings. The Labute approximate surface area is 286 Å². The van der Waals surface area contributed by atoms with Crippen LogP contribution in [0, 0.1) is 25.5 Å². The first-order valence-corrected chi connectivity index (χ1v) is 18.1. The second-order valence-corrected chi connectivity index (χ2v) is 15.7. The molecule has 0 fully saturated rings. The third kappa shape index (κ3) is 6.44. The van der Waals surface area contributed by atoms with Gasteiger partial charge in [-0.05, 0) is 97.8 Å². The molecule has 0 saturated carbocycles. The quantitative estimate of drug-likeness (QED) is 0.121. The van der Waals surface area contributed by atoms with Crippen LogP contribution >= 0.6 is 0 Å². The first-order valence-electron chi connectivity index (χ1n) is 15.2. The van der Waals surface area contributed by atoms with Crippen molar-refractivity contribution < 1.29 is 40.6 Å². The number of aryl methyl sites for hydroxylation is 2. The van der Waals surface area contributed by atoms with Crippen LogP contribution in [0.2, 0.25) is 0 Å². The van der Waals surface area contributed by atoms with Crippen LogP contribution in [0.5, 0.6) is 11.5 Å². The van der Waals surface area contributed by atoms with Crippen molar-refractivity contribution in [2.45, 2.75) is 45.5 Å². The van der Waals surface area contributed by atoms with Crippen LogP contribution in [0.15, 0.2) is 129 Å². The summed E-state index contributed by atoms with van der Waals surface area (Å²) < 4.78 is 83.6. The Balaban J connectivity index is 1.53. The highest BCUT2D eigenvalue weighted by Crippen LogP contribution is 2.43. The number of hydrogen-bond donors (Lipinski definition) is 4. The molecule has 0 saturated heterocycles. The van der Waals surface area contributed by atoms with Crippen LogP contribution in [-0.2, 0) is 24.5 Å². The zero-order valence-electron chi connectivity index (χ0n) is 26.6. The van der Waals surface area contributed by atoms with Gasteiger partial charge in [0.1, 0.15) is 33.2 Å². The van der Waals surface area contributed by atoms with Crippen LogP contribution in [0.4, 0.5) is 8.78 Å². The number of aromatic hydroxyl groups is 2. The number of aromatic nitrogens is 2. The van der Waals surface area contributed by atoms with E-state index in [0.29, 0.717) is 0 Å². The van der Waals surface area contributed by atoms with Crippen molar-refractivity contribution in [2.75, 3.05) is 0 Å². The molecule has 0 radical (unpaired) electrons. The highest BCUT2D eigenvalue weighted by atomic mass is 32.2. The van der Waals surface area contributed by atoms with Crippen molar-refractivity contribution in [3.8, 4) is 11.5 Å². The van der Waals surface area contributed by atoms with Gasteiger partial charge < -0.3 is 20.2 Å². The molecule has 4 N–H and O–H groups in total. The average Bonchev–Trinajstić information content (AvgIpc) is 3.77. The third-order valence-corrected chi connectivity index (χ3v) is 11.9. The largest absolute Gasteiger partial charge is 0.508 e. The number of Topliss-reactive ketones (excluding diaryl/α,β-unsaturated/α-hetero) is 1. The summed E-state index contributed by atoms with van der Waals surface area (Å²) in [4.78, 5) is 20.2. The number of hydrogen-bond acceptors (Lipinski definition) is 7. The topological polar surface area (TPSA) is 157 Å². The summed E-state index contributed by atoms with van der Waals surface area (Å²) in [5.74, 6) is -6.75. The number of H-pyrrole nitrogens is 2. The Kier molecular flexibility index (Phi) is 8.97. The number of ketones is 1. The van der Waals surface area contributed by atoms with E-state index in [-0.39, 0.29) is 42.1 Å². The molecular formula is C37H30F2N2O7S2. The summed E-state index contributed by atoms with van der Waals surface area (Å²) in [7, 11) is -8.28. The van der Waals surface area contributed by atoms with Crippen molar-refractivity contribution in [3.63, 3.8) is 0 Å². The lowest BCUT2D eigenvalue weighted by molar-refractivity contribution is -0.120. The van der Waals surface area contributed by atoms with Gasteiger partial charge in [0, 0.05) is 23.5 Å². The normalized spacial score (nSPS) is 13.2. The van der Waals surface area contributed by atoms with Gasteiger partial charge >= 0.3 is 0 Å². The van der Waals surface area contributed by atoms with Gasteiger partial charge in [-0.3, -0.25) is 4.79 Å². The predicted molar refractivity (Wildman–Crippen MR) is 180 cm³/mol. The molecule has 6 rings (SSSR count). The second-order valence-electron chi connectivity index (χ2n) is 11.9. The van der Waals surface area contributed by atoms with Crippen LogP contribution in [0.3, 0.4) is 0 Å². The molecule has 9 nitrogen and oxygen atoms in total. The molecular weight excluding hydrogens is 687 g/mol. The maximum absolute atomic E-state index is 14.9. The summed E-state index contributed by atoms with van der Waals surface area (Å²) >= 11 is 0. The number of nitrogens with one attached hydrogen (secondary N) is 2. The number of benzene rings is 4. The van der Waals surface area contributed by atoms with Crippen LogP contribution in [0.1, 0.15) is 45.2 Å². The highest BCUT2D eigenvalue weighted by Gasteiger charge is 2.37. The lowest BCUT2D eigenvalue weighted by atomic mass is 9.77. The monoisotopic (exact) mass is 716 g/mol. The second kappa shape index (κ2) is 13.1. The van der Waals surface area contributed by atoms with Gasteiger partial charge in [-0.2, -0.15) is 0 Å². The Hall–Kier alpha value is -5.53. The number of aromatic amines is 2. The molecule has 0 aliphatic carbocycles. The average molecular weight is 717 g/mol. The summed E-state index contributed by atoms with van der Waals surface area (Å²) in [6, 6.07) is 20.3. The maximum Gasteiger partial charge on any atom is 0.221 e. The lowest BCUT2D eigenvalue weighted by Crippen LogP contribution is -2.23. The van der Waals surface area contributed by atoms with E-state index in [1.807, 2.05) is 0 Å². The molecule has 4 aromatic carbocycles. The number of halogens is 2. The SMILES string of the molecule is Cc1ccc(S(=O)(=O)c2cc(C(C(=O)C(c3c[nH]c(S(=O)(=O)c4ccc(C)cc4)c3)c3cc(F)ccc3O)c3cc(F)ccc3O)c[nH]2)cc1. The van der Waals surface area contributed by atoms with E-state index in [2.05, 4.69) is 9.97 Å². The Morgan fingerprint density at radius 3 is 1.30 bits per heavy atom. The predicted octanol–water partition coefficient (Wildman–Crippen LogP) is 6.85. The standard InChI is InChI=1S/C37H30F2N2O7S2/c1-21-3-9-27(10-4-21)49(45,46)33-15-23(19-40-33)35(29-17-25(38)7-13-31(29)42)37(44)36(30-18-26(39)8-14-32(30)43)24-16-34(41-20-24)50(47,48)28-11-5-22(2)6-12-28/h3-20,35-36,40-43H,1-2H3. The van der Waals surface area contributed by atoms with Crippen LogP contribution in [0.25, 0.3) is 0 Å². The van der Waals surface area contributed by atoms with Gasteiger partial charge in [-0.15, -0.1) is 0 Å². The summed E-state index contributed by atoms with van der Waals surface area (Å²) in [5, 5.41) is 21.2. The minimum Gasteiger partial charge on any atom is -0.508 e. The Bertz CT molecular complexity index is 2280. The summed E-state index contributed by atoms with van der Waals surface area (Å²) in [5.41, 5.74) is 1.13. The first-order chi connectivity index (χ1) is 23.7. The van der Waals surface area contributed by atoms with E-state index < -0.39 is 60.4 Å². The lowest BCUT2D eigenvalue weighted by Gasteiger charge is -2.24. The molecule has 6 aromatic rings. The zero-order chi connectivity index (χ0) is 36.0. The van der Waals surface area contributed by atoms with Gasteiger partial charge in [-0.1, -0.05) is 35.4 Å². The summed E-state index contributed by atoms with van der Waals surface area (Å²) in [6.45, 7) is 3.59. The zero-order valence-corrected chi connectivity index (χ0v) is 28.2. The van der Waals surface area contributed by atoms with E-state index >= 15 is 0 Å². The maximum atomic E-state index is 14.9. The smallest absolute Gasteiger partial charge is 0.221 e. The van der Waals surface area contributed by atoms with E-state index in [4.69, 9.17) is 0 Å². The van der Waals surface area contributed by atoms with E-state index in [1.54, 1.807) is 38.1 Å². The molecule has 256 valence electrons. The fourth-order valence-electron chi connectivity index (χ4n) is 5.78. The molecule has 0 bridgehead atoms. The molecule has 0 amide bonds. The fourth-order valence-corrected chi connectivity index (χ4v) is 8.29. The Morgan fingerprint density at radius 1 is 0.580 bits per heavy atom.